The van der Waals surface area contributed by atoms with Gasteiger partial charge in [0.1, 0.15) is 0 Å². The molecule has 0 N–H and O–H groups in total. The number of halogens is 4. The maximum Gasteiger partial charge on any atom is 0.417 e. The summed E-state index contributed by atoms with van der Waals surface area (Å²) in [5, 5.41) is -0.145. The molecule has 0 unspecified atom stereocenters. The van der Waals surface area contributed by atoms with Crippen LogP contribution in [0, 0.1) is 0 Å². The second kappa shape index (κ2) is 4.87. The molecule has 0 saturated carbocycles. The molecule has 5 heteroatoms. The summed E-state index contributed by atoms with van der Waals surface area (Å²) < 4.78 is 37.9. The van der Waals surface area contributed by atoms with Crippen LogP contribution in [0.15, 0.2) is 18.2 Å². The monoisotopic (exact) mass is 250 g/mol. The first-order valence-corrected chi connectivity index (χ1v) is 5.14. The van der Waals surface area contributed by atoms with E-state index in [9.17, 15) is 18.0 Å². The molecule has 0 radical (unpaired) electrons. The lowest BCUT2D eigenvalue weighted by atomic mass is 10.0. The standard InChI is InChI=1S/C11H10ClF3O/c1-2-4-9(16)10-7(11(13,14)15)5-3-6-8(10)12/h3,5-6H,2,4H2,1H3. The van der Waals surface area contributed by atoms with E-state index >= 15 is 0 Å². The molecule has 0 bridgehead atoms. The summed E-state index contributed by atoms with van der Waals surface area (Å²) in [4.78, 5) is 11.5. The number of benzene rings is 1. The fraction of sp³-hybridized carbons (Fsp3) is 0.364. The number of carbonyl (C=O) groups excluding carboxylic acids is 1. The number of hydrogen-bond donors (Lipinski definition) is 0. The lowest BCUT2D eigenvalue weighted by Gasteiger charge is -2.12. The van der Waals surface area contributed by atoms with Crippen molar-refractivity contribution in [2.45, 2.75) is 25.9 Å². The first-order valence-electron chi connectivity index (χ1n) is 4.76. The van der Waals surface area contributed by atoms with Crippen molar-refractivity contribution in [2.75, 3.05) is 0 Å². The van der Waals surface area contributed by atoms with Crippen LogP contribution in [0.5, 0.6) is 0 Å². The van der Waals surface area contributed by atoms with Gasteiger partial charge in [0.15, 0.2) is 5.78 Å². The highest BCUT2D eigenvalue weighted by Gasteiger charge is 2.35. The minimum atomic E-state index is -4.55. The topological polar surface area (TPSA) is 17.1 Å². The molecule has 0 aliphatic heterocycles. The lowest BCUT2D eigenvalue weighted by Crippen LogP contribution is -2.13. The molecule has 1 aromatic carbocycles. The van der Waals surface area contributed by atoms with E-state index in [1.165, 1.54) is 12.1 Å². The van der Waals surface area contributed by atoms with Gasteiger partial charge in [0, 0.05) is 12.0 Å². The number of alkyl halides is 3. The summed E-state index contributed by atoms with van der Waals surface area (Å²) in [6, 6.07) is 3.35. The average molecular weight is 251 g/mol. The van der Waals surface area contributed by atoms with E-state index in [4.69, 9.17) is 11.6 Å². The molecule has 0 fully saturated rings. The number of rotatable bonds is 3. The van der Waals surface area contributed by atoms with Gasteiger partial charge in [-0.25, -0.2) is 0 Å². The molecule has 16 heavy (non-hydrogen) atoms. The Bertz CT molecular complexity index is 399. The van der Waals surface area contributed by atoms with Gasteiger partial charge >= 0.3 is 6.18 Å². The minimum Gasteiger partial charge on any atom is -0.294 e. The van der Waals surface area contributed by atoms with E-state index in [-0.39, 0.29) is 11.4 Å². The van der Waals surface area contributed by atoms with Gasteiger partial charge in [-0.15, -0.1) is 0 Å². The third-order valence-electron chi connectivity index (χ3n) is 2.07. The minimum absolute atomic E-state index is 0.0623. The molecule has 1 rings (SSSR count). The third-order valence-corrected chi connectivity index (χ3v) is 2.39. The van der Waals surface area contributed by atoms with Crippen molar-refractivity contribution < 1.29 is 18.0 Å². The summed E-state index contributed by atoms with van der Waals surface area (Å²) in [7, 11) is 0. The van der Waals surface area contributed by atoms with E-state index in [1.807, 2.05) is 0 Å². The fourth-order valence-corrected chi connectivity index (χ4v) is 1.68. The van der Waals surface area contributed by atoms with Gasteiger partial charge in [-0.1, -0.05) is 24.6 Å². The Balaban J connectivity index is 3.30. The van der Waals surface area contributed by atoms with Gasteiger partial charge in [-0.3, -0.25) is 4.79 Å². The maximum atomic E-state index is 12.6. The first-order chi connectivity index (χ1) is 7.38. The quantitative estimate of drug-likeness (QED) is 0.729. The van der Waals surface area contributed by atoms with Crippen molar-refractivity contribution in [3.05, 3.63) is 34.3 Å². The van der Waals surface area contributed by atoms with Crippen molar-refractivity contribution in [3.63, 3.8) is 0 Å². The fourth-order valence-electron chi connectivity index (χ4n) is 1.40. The van der Waals surface area contributed by atoms with Crippen LogP contribution in [0.2, 0.25) is 5.02 Å². The molecular weight excluding hydrogens is 241 g/mol. The summed E-state index contributed by atoms with van der Waals surface area (Å²) in [5.74, 6) is -0.569. The largest absolute Gasteiger partial charge is 0.417 e. The summed E-state index contributed by atoms with van der Waals surface area (Å²) >= 11 is 5.65. The number of hydrogen-bond acceptors (Lipinski definition) is 1. The Morgan fingerprint density at radius 1 is 1.38 bits per heavy atom. The van der Waals surface area contributed by atoms with Gasteiger partial charge < -0.3 is 0 Å². The van der Waals surface area contributed by atoms with Crippen molar-refractivity contribution in [2.24, 2.45) is 0 Å². The van der Waals surface area contributed by atoms with E-state index in [1.54, 1.807) is 6.92 Å². The number of carbonyl (C=O) groups is 1. The maximum absolute atomic E-state index is 12.6. The highest BCUT2D eigenvalue weighted by Crippen LogP contribution is 2.35. The van der Waals surface area contributed by atoms with Crippen LogP contribution in [0.25, 0.3) is 0 Å². The number of ketones is 1. The van der Waals surface area contributed by atoms with Crippen molar-refractivity contribution in [3.8, 4) is 0 Å². The number of Topliss-reactive ketones (excluding diaryl/α,β-unsaturated/α-hetero) is 1. The van der Waals surface area contributed by atoms with Crippen molar-refractivity contribution >= 4 is 17.4 Å². The SMILES string of the molecule is CCCC(=O)c1c(Cl)cccc1C(F)(F)F. The van der Waals surface area contributed by atoms with Crippen LogP contribution in [0.3, 0.4) is 0 Å². The summed E-state index contributed by atoms with van der Waals surface area (Å²) in [6.07, 6.45) is -4.00. The zero-order valence-corrected chi connectivity index (χ0v) is 9.32. The molecule has 0 aliphatic carbocycles. The van der Waals surface area contributed by atoms with Crippen LogP contribution >= 0.6 is 11.6 Å². The normalized spacial score (nSPS) is 11.6. The van der Waals surface area contributed by atoms with Gasteiger partial charge in [0.05, 0.1) is 10.6 Å². The Morgan fingerprint density at radius 2 is 2.00 bits per heavy atom. The molecule has 0 amide bonds. The Morgan fingerprint density at radius 3 is 2.50 bits per heavy atom. The van der Waals surface area contributed by atoms with E-state index < -0.39 is 23.1 Å². The lowest BCUT2D eigenvalue weighted by molar-refractivity contribution is -0.137. The molecule has 0 saturated heterocycles. The highest BCUT2D eigenvalue weighted by atomic mass is 35.5. The predicted molar refractivity (Wildman–Crippen MR) is 55.7 cm³/mol. The second-order valence-electron chi connectivity index (χ2n) is 3.33. The smallest absolute Gasteiger partial charge is 0.294 e. The van der Waals surface area contributed by atoms with Crippen LogP contribution in [0.4, 0.5) is 13.2 Å². The molecule has 88 valence electrons. The molecule has 0 spiro atoms. The molecule has 0 aliphatic rings. The van der Waals surface area contributed by atoms with Gasteiger partial charge in [0.2, 0.25) is 0 Å². The van der Waals surface area contributed by atoms with Crippen molar-refractivity contribution in [1.29, 1.82) is 0 Å². The molecular formula is C11H10ClF3O. The Kier molecular flexibility index (Phi) is 3.97. The van der Waals surface area contributed by atoms with Crippen LogP contribution in [-0.2, 0) is 6.18 Å². The Labute approximate surface area is 96.2 Å². The third kappa shape index (κ3) is 2.76. The van der Waals surface area contributed by atoms with Gasteiger partial charge in [-0.05, 0) is 18.6 Å². The van der Waals surface area contributed by atoms with Gasteiger partial charge in [-0.2, -0.15) is 13.2 Å². The highest BCUT2D eigenvalue weighted by molar-refractivity contribution is 6.34. The zero-order chi connectivity index (χ0) is 12.3. The first kappa shape index (κ1) is 13.0. The molecule has 0 atom stereocenters. The van der Waals surface area contributed by atoms with Gasteiger partial charge in [0.25, 0.3) is 0 Å². The predicted octanol–water partition coefficient (Wildman–Crippen LogP) is 4.34. The van der Waals surface area contributed by atoms with Crippen LogP contribution in [-0.4, -0.2) is 5.78 Å². The van der Waals surface area contributed by atoms with E-state index in [2.05, 4.69) is 0 Å². The summed E-state index contributed by atoms with van der Waals surface area (Å²) in [5.41, 5.74) is -1.38. The zero-order valence-electron chi connectivity index (χ0n) is 8.57. The summed E-state index contributed by atoms with van der Waals surface area (Å²) in [6.45, 7) is 1.72. The van der Waals surface area contributed by atoms with Crippen molar-refractivity contribution in [1.82, 2.24) is 0 Å². The molecule has 0 heterocycles. The average Bonchev–Trinajstić information content (AvgIpc) is 2.16. The Hall–Kier alpha value is -1.03. The second-order valence-corrected chi connectivity index (χ2v) is 3.74. The van der Waals surface area contributed by atoms with Crippen LogP contribution in [0.1, 0.15) is 35.7 Å². The van der Waals surface area contributed by atoms with Crippen LogP contribution < -0.4 is 0 Å². The van der Waals surface area contributed by atoms with E-state index in [0.29, 0.717) is 6.42 Å². The molecule has 1 nitrogen and oxygen atoms in total. The molecule has 1 aromatic rings. The van der Waals surface area contributed by atoms with E-state index in [0.717, 1.165) is 6.07 Å². The molecule has 0 aromatic heterocycles.